The zero-order chi connectivity index (χ0) is 23.4. The van der Waals surface area contributed by atoms with Crippen LogP contribution in [0.15, 0.2) is 65.7 Å². The summed E-state index contributed by atoms with van der Waals surface area (Å²) in [6.07, 6.45) is 1.89. The van der Waals surface area contributed by atoms with Gasteiger partial charge in [-0.15, -0.1) is 0 Å². The Morgan fingerprint density at radius 1 is 1.15 bits per heavy atom. The first-order valence-electron chi connectivity index (χ1n) is 9.57. The van der Waals surface area contributed by atoms with Crippen LogP contribution in [0.25, 0.3) is 16.4 Å². The fraction of sp³-hybridized carbons (Fsp3) is 0.143. The molecule has 0 aliphatic heterocycles. The van der Waals surface area contributed by atoms with Gasteiger partial charge in [-0.1, -0.05) is 24.3 Å². The molecule has 0 saturated heterocycles. The van der Waals surface area contributed by atoms with Crippen molar-refractivity contribution in [3.63, 3.8) is 0 Å². The molecule has 3 aromatic heterocycles. The number of urea groups is 1. The maximum atomic E-state index is 12.8. The number of benzene rings is 1. The van der Waals surface area contributed by atoms with Gasteiger partial charge in [0.1, 0.15) is 5.69 Å². The number of halogens is 3. The summed E-state index contributed by atoms with van der Waals surface area (Å²) in [5.74, 6) is -0.116. The normalized spacial score (nSPS) is 11.3. The average molecular weight is 455 g/mol. The van der Waals surface area contributed by atoms with E-state index >= 15 is 0 Å². The van der Waals surface area contributed by atoms with Crippen LogP contribution in [-0.2, 0) is 12.7 Å². The lowest BCUT2D eigenvalue weighted by Crippen LogP contribution is -2.35. The van der Waals surface area contributed by atoms with Gasteiger partial charge in [0.2, 0.25) is 18.6 Å². The number of alkyl halides is 3. The monoisotopic (exact) mass is 455 g/mol. The van der Waals surface area contributed by atoms with Crippen LogP contribution in [0, 0.1) is 6.92 Å². The molecule has 4 aromatic rings. The fourth-order valence-electron chi connectivity index (χ4n) is 2.95. The second-order valence-corrected chi connectivity index (χ2v) is 6.98. The number of aryl methyl sites for hydroxylation is 1. The van der Waals surface area contributed by atoms with E-state index in [1.807, 2.05) is 19.1 Å². The molecular formula is C21H16F3N7O2. The minimum Gasteiger partial charge on any atom is -0.424 e. The van der Waals surface area contributed by atoms with Crippen LogP contribution < -0.4 is 10.00 Å². The summed E-state index contributed by atoms with van der Waals surface area (Å²) in [5, 5.41) is 17.4. The molecule has 0 spiro atoms. The maximum absolute atomic E-state index is 12.8. The molecule has 0 aliphatic carbocycles. The minimum atomic E-state index is -4.52. The lowest BCUT2D eigenvalue weighted by atomic mass is 10.1. The summed E-state index contributed by atoms with van der Waals surface area (Å²) in [7, 11) is 0. The van der Waals surface area contributed by atoms with Crippen LogP contribution >= 0.6 is 0 Å². The quantitative estimate of drug-likeness (QED) is 0.446. The SMILES string of the molecule is Cc1cnncc1-c1ccc(C[n+]2cc([N-]C(=O)Nc3cccc(C(F)(F)F)c3)on2)nc1. The molecule has 0 radical (unpaired) electrons. The molecule has 4 rings (SSSR count). The van der Waals surface area contributed by atoms with Gasteiger partial charge in [0.25, 0.3) is 0 Å². The number of hydrogen-bond donors (Lipinski definition) is 1. The smallest absolute Gasteiger partial charge is 0.416 e. The summed E-state index contributed by atoms with van der Waals surface area (Å²) < 4.78 is 44.7. The molecule has 0 fully saturated rings. The number of anilines is 1. The van der Waals surface area contributed by atoms with Crippen LogP contribution in [0.1, 0.15) is 16.8 Å². The van der Waals surface area contributed by atoms with Gasteiger partial charge < -0.3 is 15.2 Å². The molecule has 33 heavy (non-hydrogen) atoms. The van der Waals surface area contributed by atoms with Gasteiger partial charge in [-0.05, 0) is 35.0 Å². The highest BCUT2D eigenvalue weighted by Gasteiger charge is 2.30. The van der Waals surface area contributed by atoms with Gasteiger partial charge in [0, 0.05) is 17.3 Å². The number of aromatic nitrogens is 5. The van der Waals surface area contributed by atoms with Crippen molar-refractivity contribution in [3.05, 3.63) is 83.3 Å². The molecule has 2 amide bonds. The molecule has 0 bridgehead atoms. The van der Waals surface area contributed by atoms with Crippen LogP contribution in [0.2, 0.25) is 0 Å². The number of hydrogen-bond acceptors (Lipinski definition) is 6. The molecular weight excluding hydrogens is 439 g/mol. The lowest BCUT2D eigenvalue weighted by molar-refractivity contribution is -0.755. The van der Waals surface area contributed by atoms with E-state index in [1.165, 1.54) is 23.0 Å². The zero-order valence-corrected chi connectivity index (χ0v) is 17.1. The van der Waals surface area contributed by atoms with Crippen molar-refractivity contribution >= 4 is 17.6 Å². The number of nitrogens with zero attached hydrogens (tertiary/aromatic N) is 6. The first-order chi connectivity index (χ1) is 15.8. The number of carbonyl (C=O) groups excluding carboxylic acids is 1. The minimum absolute atomic E-state index is 0.0464. The first kappa shape index (κ1) is 21.9. The summed E-state index contributed by atoms with van der Waals surface area (Å²) in [4.78, 5) is 16.4. The Labute approximate surface area is 185 Å². The van der Waals surface area contributed by atoms with E-state index in [-0.39, 0.29) is 18.1 Å². The molecule has 0 atom stereocenters. The zero-order valence-electron chi connectivity index (χ0n) is 17.1. The van der Waals surface area contributed by atoms with Crippen LogP contribution in [0.5, 0.6) is 0 Å². The lowest BCUT2D eigenvalue weighted by Gasteiger charge is -2.15. The second-order valence-electron chi connectivity index (χ2n) is 6.98. The van der Waals surface area contributed by atoms with Crippen molar-refractivity contribution in [1.29, 1.82) is 0 Å². The Morgan fingerprint density at radius 2 is 1.97 bits per heavy atom. The van der Waals surface area contributed by atoms with Gasteiger partial charge in [-0.3, -0.25) is 9.78 Å². The van der Waals surface area contributed by atoms with Crippen LogP contribution in [-0.4, -0.2) is 26.5 Å². The summed E-state index contributed by atoms with van der Waals surface area (Å²) >= 11 is 0. The Bertz CT molecular complexity index is 1270. The van der Waals surface area contributed by atoms with Gasteiger partial charge in [0.05, 0.1) is 18.0 Å². The molecule has 3 heterocycles. The largest absolute Gasteiger partial charge is 0.424 e. The number of rotatable bonds is 5. The summed E-state index contributed by atoms with van der Waals surface area (Å²) in [6, 6.07) is 7.03. The Hall–Kier alpha value is -4.35. The second kappa shape index (κ2) is 9.02. The first-order valence-corrected chi connectivity index (χ1v) is 9.57. The topological polar surface area (TPSA) is 112 Å². The highest BCUT2D eigenvalue weighted by molar-refractivity contribution is 6.03. The summed E-state index contributed by atoms with van der Waals surface area (Å²) in [6.45, 7) is 2.18. The molecule has 9 nitrogen and oxygen atoms in total. The van der Waals surface area contributed by atoms with Crippen molar-refractivity contribution < 1.29 is 27.2 Å². The van der Waals surface area contributed by atoms with Crippen LogP contribution in [0.3, 0.4) is 0 Å². The maximum Gasteiger partial charge on any atom is 0.416 e. The third kappa shape index (κ3) is 5.47. The number of nitrogens with one attached hydrogen (secondary N) is 1. The number of pyridine rings is 1. The molecule has 168 valence electrons. The predicted octanol–water partition coefficient (Wildman–Crippen LogP) is 4.43. The van der Waals surface area contributed by atoms with Crippen molar-refractivity contribution in [3.8, 4) is 11.1 Å². The highest BCUT2D eigenvalue weighted by Crippen LogP contribution is 2.31. The van der Waals surface area contributed by atoms with Crippen molar-refractivity contribution in [2.24, 2.45) is 0 Å². The number of amides is 2. The third-order valence-corrected chi connectivity index (χ3v) is 4.54. The molecule has 0 saturated carbocycles. The summed E-state index contributed by atoms with van der Waals surface area (Å²) in [5.41, 5.74) is 2.53. The van der Waals surface area contributed by atoms with Gasteiger partial charge in [0.15, 0.2) is 11.3 Å². The van der Waals surface area contributed by atoms with Crippen molar-refractivity contribution in [1.82, 2.24) is 20.5 Å². The van der Waals surface area contributed by atoms with Gasteiger partial charge in [-0.25, -0.2) is 0 Å². The van der Waals surface area contributed by atoms with E-state index in [2.05, 4.69) is 31.1 Å². The van der Waals surface area contributed by atoms with E-state index in [0.29, 0.717) is 5.69 Å². The standard InChI is InChI=1S/C21H16F3N7O2/c1-13-8-26-27-10-18(13)14-5-6-17(25-9-14)11-31-12-19(33-30-31)29-20(32)28-16-4-2-3-15(7-16)21(22,23)24/h2-10,12H,11H2,1H3,(H-,28,29,30,32). The van der Waals surface area contributed by atoms with Crippen molar-refractivity contribution in [2.75, 3.05) is 5.32 Å². The Balaban J connectivity index is 1.36. The molecule has 0 aliphatic rings. The van der Waals surface area contributed by atoms with E-state index in [0.717, 1.165) is 28.8 Å². The molecule has 1 N–H and O–H groups in total. The van der Waals surface area contributed by atoms with Gasteiger partial charge >= 0.3 is 6.18 Å². The van der Waals surface area contributed by atoms with Gasteiger partial charge in [-0.2, -0.15) is 23.4 Å². The third-order valence-electron chi connectivity index (χ3n) is 4.54. The van der Waals surface area contributed by atoms with E-state index in [1.54, 1.807) is 18.6 Å². The highest BCUT2D eigenvalue weighted by atomic mass is 19.4. The Morgan fingerprint density at radius 3 is 2.70 bits per heavy atom. The molecule has 1 aromatic carbocycles. The Kier molecular flexibility index (Phi) is 5.98. The predicted molar refractivity (Wildman–Crippen MR) is 109 cm³/mol. The molecule has 0 unspecified atom stereocenters. The fourth-order valence-corrected chi connectivity index (χ4v) is 2.95. The average Bonchev–Trinajstić information content (AvgIpc) is 3.21. The van der Waals surface area contributed by atoms with E-state index in [4.69, 9.17) is 4.52 Å². The van der Waals surface area contributed by atoms with E-state index < -0.39 is 17.8 Å². The number of carbonyl (C=O) groups is 1. The van der Waals surface area contributed by atoms with Crippen LogP contribution in [0.4, 0.5) is 29.5 Å². The van der Waals surface area contributed by atoms with Crippen molar-refractivity contribution in [2.45, 2.75) is 19.6 Å². The molecule has 12 heteroatoms. The van der Waals surface area contributed by atoms with E-state index in [9.17, 15) is 18.0 Å².